The molecule has 0 aliphatic rings. The van der Waals surface area contributed by atoms with E-state index in [2.05, 4.69) is 15.5 Å². The van der Waals surface area contributed by atoms with E-state index in [4.69, 9.17) is 9.15 Å². The highest BCUT2D eigenvalue weighted by Gasteiger charge is 2.08. The van der Waals surface area contributed by atoms with Crippen LogP contribution in [0.5, 0.6) is 5.75 Å². The van der Waals surface area contributed by atoms with Gasteiger partial charge in [0, 0.05) is 16.8 Å². The van der Waals surface area contributed by atoms with Crippen molar-refractivity contribution in [1.82, 2.24) is 10.2 Å². The Hall–Kier alpha value is -3.15. The molecule has 0 spiro atoms. The lowest BCUT2D eigenvalue weighted by Crippen LogP contribution is -2.11. The van der Waals surface area contributed by atoms with E-state index in [1.165, 1.54) is 6.39 Å². The fourth-order valence-corrected chi connectivity index (χ4v) is 1.96. The number of rotatable bonds is 4. The van der Waals surface area contributed by atoms with Crippen LogP contribution in [0, 0.1) is 0 Å². The largest absolute Gasteiger partial charge is 0.497 e. The maximum Gasteiger partial charge on any atom is 0.255 e. The summed E-state index contributed by atoms with van der Waals surface area (Å²) in [5.74, 6) is 0.870. The summed E-state index contributed by atoms with van der Waals surface area (Å²) in [7, 11) is 1.56. The van der Waals surface area contributed by atoms with Gasteiger partial charge >= 0.3 is 0 Å². The molecule has 0 saturated heterocycles. The van der Waals surface area contributed by atoms with Crippen LogP contribution >= 0.6 is 0 Å². The summed E-state index contributed by atoms with van der Waals surface area (Å²) >= 11 is 0. The first-order chi connectivity index (χ1) is 10.8. The molecule has 0 bridgehead atoms. The molecule has 110 valence electrons. The Morgan fingerprint density at radius 3 is 2.68 bits per heavy atom. The first-order valence-electron chi connectivity index (χ1n) is 6.58. The average molecular weight is 295 g/mol. The van der Waals surface area contributed by atoms with Crippen molar-refractivity contribution in [2.24, 2.45) is 0 Å². The van der Waals surface area contributed by atoms with Gasteiger partial charge in [-0.1, -0.05) is 6.07 Å². The van der Waals surface area contributed by atoms with Gasteiger partial charge in [-0.2, -0.15) is 0 Å². The minimum absolute atomic E-state index is 0.204. The van der Waals surface area contributed by atoms with E-state index >= 15 is 0 Å². The maximum absolute atomic E-state index is 12.2. The summed E-state index contributed by atoms with van der Waals surface area (Å²) in [6.07, 6.45) is 1.27. The molecule has 2 aromatic carbocycles. The second kappa shape index (κ2) is 6.09. The number of aromatic nitrogens is 2. The van der Waals surface area contributed by atoms with Gasteiger partial charge in [-0.25, -0.2) is 0 Å². The van der Waals surface area contributed by atoms with E-state index < -0.39 is 0 Å². The maximum atomic E-state index is 12.2. The van der Waals surface area contributed by atoms with Gasteiger partial charge in [0.15, 0.2) is 0 Å². The summed E-state index contributed by atoms with van der Waals surface area (Å²) in [6, 6.07) is 14.1. The van der Waals surface area contributed by atoms with Crippen molar-refractivity contribution in [2.75, 3.05) is 12.4 Å². The second-order valence-corrected chi connectivity index (χ2v) is 4.51. The van der Waals surface area contributed by atoms with Gasteiger partial charge in [0.1, 0.15) is 5.75 Å². The van der Waals surface area contributed by atoms with E-state index in [9.17, 15) is 4.79 Å². The molecule has 0 unspecified atom stereocenters. The minimum atomic E-state index is -0.204. The number of hydrogen-bond acceptors (Lipinski definition) is 5. The van der Waals surface area contributed by atoms with Crippen molar-refractivity contribution in [3.63, 3.8) is 0 Å². The normalized spacial score (nSPS) is 10.2. The zero-order chi connectivity index (χ0) is 15.4. The Morgan fingerprint density at radius 1 is 1.18 bits per heavy atom. The Morgan fingerprint density at radius 2 is 2.00 bits per heavy atom. The third-order valence-corrected chi connectivity index (χ3v) is 3.08. The topological polar surface area (TPSA) is 77.2 Å². The molecule has 0 aliphatic heterocycles. The summed E-state index contributed by atoms with van der Waals surface area (Å²) in [5, 5.41) is 10.3. The molecular weight excluding hydrogens is 282 g/mol. The molecule has 0 aliphatic carbocycles. The van der Waals surface area contributed by atoms with E-state index in [0.29, 0.717) is 22.9 Å². The first-order valence-corrected chi connectivity index (χ1v) is 6.58. The standard InChI is InChI=1S/C16H13N3O3/c1-21-14-4-2-3-12(9-14)15(20)18-13-7-5-11(6-8-13)16-19-17-10-22-16/h2-10H,1H3,(H,18,20). The lowest BCUT2D eigenvalue weighted by atomic mass is 10.1. The second-order valence-electron chi connectivity index (χ2n) is 4.51. The number of benzene rings is 2. The molecule has 1 heterocycles. The van der Waals surface area contributed by atoms with Gasteiger partial charge < -0.3 is 14.5 Å². The van der Waals surface area contributed by atoms with Crippen LogP contribution in [0.2, 0.25) is 0 Å². The highest BCUT2D eigenvalue weighted by Crippen LogP contribution is 2.20. The third kappa shape index (κ3) is 2.95. The van der Waals surface area contributed by atoms with Crippen LogP contribution in [0.25, 0.3) is 11.5 Å². The Balaban J connectivity index is 1.74. The number of hydrogen-bond donors (Lipinski definition) is 1. The summed E-state index contributed by atoms with van der Waals surface area (Å²) < 4.78 is 10.2. The Bertz CT molecular complexity index is 768. The van der Waals surface area contributed by atoms with E-state index in [1.54, 1.807) is 55.6 Å². The van der Waals surface area contributed by atoms with Crippen LogP contribution in [0.1, 0.15) is 10.4 Å². The Kier molecular flexibility index (Phi) is 3.82. The number of methoxy groups -OCH3 is 1. The molecule has 6 nitrogen and oxygen atoms in total. The van der Waals surface area contributed by atoms with Crippen LogP contribution in [0.15, 0.2) is 59.3 Å². The first kappa shape index (κ1) is 13.8. The van der Waals surface area contributed by atoms with Crippen LogP contribution in [-0.2, 0) is 0 Å². The van der Waals surface area contributed by atoms with Gasteiger partial charge in [0.2, 0.25) is 12.3 Å². The highest BCUT2D eigenvalue weighted by molar-refractivity contribution is 6.04. The molecule has 3 rings (SSSR count). The van der Waals surface area contributed by atoms with Crippen molar-refractivity contribution < 1.29 is 13.9 Å². The smallest absolute Gasteiger partial charge is 0.255 e. The monoisotopic (exact) mass is 295 g/mol. The summed E-state index contributed by atoms with van der Waals surface area (Å²) in [6.45, 7) is 0. The quantitative estimate of drug-likeness (QED) is 0.800. The summed E-state index contributed by atoms with van der Waals surface area (Å²) in [5.41, 5.74) is 1.99. The van der Waals surface area contributed by atoms with Crippen LogP contribution in [0.4, 0.5) is 5.69 Å². The van der Waals surface area contributed by atoms with Gasteiger partial charge in [-0.3, -0.25) is 4.79 Å². The van der Waals surface area contributed by atoms with Crippen LogP contribution < -0.4 is 10.1 Å². The van der Waals surface area contributed by atoms with Crippen molar-refractivity contribution in [3.8, 4) is 17.2 Å². The molecule has 0 atom stereocenters. The Labute approximate surface area is 126 Å². The molecule has 1 amide bonds. The fourth-order valence-electron chi connectivity index (χ4n) is 1.96. The number of carbonyl (C=O) groups excluding carboxylic acids is 1. The predicted octanol–water partition coefficient (Wildman–Crippen LogP) is 3.00. The molecule has 22 heavy (non-hydrogen) atoms. The average Bonchev–Trinajstić information content (AvgIpc) is 3.10. The van der Waals surface area contributed by atoms with Crippen molar-refractivity contribution >= 4 is 11.6 Å². The molecule has 0 radical (unpaired) electrons. The molecular formula is C16H13N3O3. The minimum Gasteiger partial charge on any atom is -0.497 e. The predicted molar refractivity (Wildman–Crippen MR) is 80.7 cm³/mol. The van der Waals surface area contributed by atoms with Gasteiger partial charge in [0.25, 0.3) is 5.91 Å². The number of ether oxygens (including phenoxy) is 1. The molecule has 1 N–H and O–H groups in total. The summed E-state index contributed by atoms with van der Waals surface area (Å²) in [4.78, 5) is 12.2. The molecule has 3 aromatic rings. The third-order valence-electron chi connectivity index (χ3n) is 3.08. The number of anilines is 1. The number of amides is 1. The zero-order valence-corrected chi connectivity index (χ0v) is 11.8. The van der Waals surface area contributed by atoms with Gasteiger partial charge in [-0.15, -0.1) is 10.2 Å². The van der Waals surface area contributed by atoms with Crippen molar-refractivity contribution in [1.29, 1.82) is 0 Å². The van der Waals surface area contributed by atoms with E-state index in [-0.39, 0.29) is 5.91 Å². The fraction of sp³-hybridized carbons (Fsp3) is 0.0625. The highest BCUT2D eigenvalue weighted by atomic mass is 16.5. The SMILES string of the molecule is COc1cccc(C(=O)Nc2ccc(-c3nnco3)cc2)c1. The number of carbonyl (C=O) groups is 1. The number of nitrogens with zero attached hydrogens (tertiary/aromatic N) is 2. The molecule has 1 aromatic heterocycles. The van der Waals surface area contributed by atoms with Crippen molar-refractivity contribution in [3.05, 3.63) is 60.5 Å². The van der Waals surface area contributed by atoms with Crippen LogP contribution in [-0.4, -0.2) is 23.2 Å². The molecule has 6 heteroatoms. The molecule has 0 fully saturated rings. The van der Waals surface area contributed by atoms with E-state index in [1.807, 2.05) is 0 Å². The van der Waals surface area contributed by atoms with Crippen LogP contribution in [0.3, 0.4) is 0 Å². The number of nitrogens with one attached hydrogen (secondary N) is 1. The van der Waals surface area contributed by atoms with E-state index in [0.717, 1.165) is 5.56 Å². The zero-order valence-electron chi connectivity index (χ0n) is 11.8. The molecule has 0 saturated carbocycles. The van der Waals surface area contributed by atoms with Gasteiger partial charge in [-0.05, 0) is 42.5 Å². The lowest BCUT2D eigenvalue weighted by molar-refractivity contribution is 0.102. The van der Waals surface area contributed by atoms with Gasteiger partial charge in [0.05, 0.1) is 7.11 Å². The lowest BCUT2D eigenvalue weighted by Gasteiger charge is -2.07. The van der Waals surface area contributed by atoms with Crippen molar-refractivity contribution in [2.45, 2.75) is 0 Å².